The second kappa shape index (κ2) is 5.08. The maximum absolute atomic E-state index is 12.4. The molecule has 0 unspecified atom stereocenters. The fourth-order valence-electron chi connectivity index (χ4n) is 2.61. The molecule has 1 aliphatic rings. The van der Waals surface area contributed by atoms with Gasteiger partial charge in [-0.2, -0.15) is 5.10 Å². The Morgan fingerprint density at radius 3 is 2.90 bits per heavy atom. The first-order chi connectivity index (χ1) is 10.1. The molecule has 1 amide bonds. The van der Waals surface area contributed by atoms with Gasteiger partial charge in [0.15, 0.2) is 11.5 Å². The van der Waals surface area contributed by atoms with Gasteiger partial charge in [0.05, 0.1) is 12.2 Å². The van der Waals surface area contributed by atoms with Gasteiger partial charge in [0.25, 0.3) is 5.91 Å². The van der Waals surface area contributed by atoms with Gasteiger partial charge in [-0.1, -0.05) is 6.92 Å². The molecule has 110 valence electrons. The molecule has 0 aliphatic carbocycles. The fourth-order valence-corrected chi connectivity index (χ4v) is 2.61. The fraction of sp³-hybridized carbons (Fsp3) is 0.357. The van der Waals surface area contributed by atoms with Crippen molar-refractivity contribution >= 4 is 11.9 Å². The molecule has 3 heterocycles. The number of hydrogen-bond donors (Lipinski definition) is 2. The van der Waals surface area contributed by atoms with Crippen molar-refractivity contribution in [2.75, 3.05) is 13.1 Å². The first-order valence-corrected chi connectivity index (χ1v) is 6.67. The third kappa shape index (κ3) is 2.42. The topological polar surface area (TPSA) is 99.4 Å². The maximum atomic E-state index is 12.4. The van der Waals surface area contributed by atoms with Crippen LogP contribution in [-0.4, -0.2) is 45.2 Å². The third-order valence-electron chi connectivity index (χ3n) is 3.80. The molecule has 3 rings (SSSR count). The molecule has 1 saturated heterocycles. The summed E-state index contributed by atoms with van der Waals surface area (Å²) in [6, 6.07) is 5.12. The second-order valence-corrected chi connectivity index (χ2v) is 5.28. The Morgan fingerprint density at radius 2 is 2.29 bits per heavy atom. The largest absolute Gasteiger partial charge is 0.481 e. The van der Waals surface area contributed by atoms with Crippen LogP contribution in [0.15, 0.2) is 28.9 Å². The summed E-state index contributed by atoms with van der Waals surface area (Å²) in [7, 11) is 0. The number of aliphatic carboxylic acids is 1. The SMILES string of the molecule is C[C@@H]1CN(C(=O)c2cc(-c3ccco3)[nH]n2)C[C@H]1C(=O)O. The number of furan rings is 1. The standard InChI is InChI=1S/C14H15N3O4/c1-8-6-17(7-9(8)14(19)20)13(18)11-5-10(15-16-11)12-3-2-4-21-12/h2-5,8-9H,6-7H2,1H3,(H,15,16)(H,19,20)/t8-,9-/m1/s1. The molecule has 0 radical (unpaired) electrons. The number of carboxylic acids is 1. The lowest BCUT2D eigenvalue weighted by Crippen LogP contribution is -2.30. The first-order valence-electron chi connectivity index (χ1n) is 6.67. The molecular weight excluding hydrogens is 274 g/mol. The molecule has 2 atom stereocenters. The number of rotatable bonds is 3. The van der Waals surface area contributed by atoms with Gasteiger partial charge in [-0.05, 0) is 18.1 Å². The summed E-state index contributed by atoms with van der Waals surface area (Å²) < 4.78 is 5.23. The lowest BCUT2D eigenvalue weighted by molar-refractivity contribution is -0.142. The molecule has 1 aliphatic heterocycles. The number of H-pyrrole nitrogens is 1. The van der Waals surface area contributed by atoms with E-state index >= 15 is 0 Å². The van der Waals surface area contributed by atoms with Crippen molar-refractivity contribution in [3.8, 4) is 11.5 Å². The highest BCUT2D eigenvalue weighted by Crippen LogP contribution is 2.25. The van der Waals surface area contributed by atoms with Gasteiger partial charge >= 0.3 is 5.97 Å². The predicted octanol–water partition coefficient (Wildman–Crippen LogP) is 1.46. The van der Waals surface area contributed by atoms with E-state index in [0.717, 1.165) is 0 Å². The van der Waals surface area contributed by atoms with Crippen LogP contribution in [-0.2, 0) is 4.79 Å². The van der Waals surface area contributed by atoms with Crippen LogP contribution in [0.4, 0.5) is 0 Å². The number of likely N-dealkylation sites (tertiary alicyclic amines) is 1. The van der Waals surface area contributed by atoms with Crippen LogP contribution in [0.1, 0.15) is 17.4 Å². The van der Waals surface area contributed by atoms with Crippen molar-refractivity contribution in [3.05, 3.63) is 30.2 Å². The lowest BCUT2D eigenvalue weighted by atomic mass is 9.99. The van der Waals surface area contributed by atoms with E-state index in [-0.39, 0.29) is 24.1 Å². The average Bonchev–Trinajstić information content (AvgIpc) is 3.17. The van der Waals surface area contributed by atoms with Crippen LogP contribution in [0, 0.1) is 11.8 Å². The lowest BCUT2D eigenvalue weighted by Gasteiger charge is -2.13. The summed E-state index contributed by atoms with van der Waals surface area (Å²) in [5, 5.41) is 15.8. The highest BCUT2D eigenvalue weighted by Gasteiger charge is 2.37. The Balaban J connectivity index is 1.76. The Labute approximate surface area is 120 Å². The summed E-state index contributed by atoms with van der Waals surface area (Å²) in [4.78, 5) is 25.0. The predicted molar refractivity (Wildman–Crippen MR) is 72.5 cm³/mol. The molecule has 0 spiro atoms. The monoisotopic (exact) mass is 289 g/mol. The number of carbonyl (C=O) groups is 2. The Kier molecular flexibility index (Phi) is 3.25. The van der Waals surface area contributed by atoms with E-state index in [1.807, 2.05) is 6.92 Å². The van der Waals surface area contributed by atoms with Crippen molar-refractivity contribution in [1.29, 1.82) is 0 Å². The average molecular weight is 289 g/mol. The minimum atomic E-state index is -0.865. The zero-order chi connectivity index (χ0) is 15.0. The molecular formula is C14H15N3O4. The molecule has 2 aromatic heterocycles. The van der Waals surface area contributed by atoms with Gasteiger partial charge in [0, 0.05) is 19.2 Å². The Bertz CT molecular complexity index is 662. The number of aromatic nitrogens is 2. The van der Waals surface area contributed by atoms with E-state index in [9.17, 15) is 9.59 Å². The smallest absolute Gasteiger partial charge is 0.308 e. The number of carbonyl (C=O) groups excluding carboxylic acids is 1. The molecule has 1 fully saturated rings. The second-order valence-electron chi connectivity index (χ2n) is 5.28. The minimum Gasteiger partial charge on any atom is -0.481 e. The number of carboxylic acid groups (broad SMARTS) is 1. The highest BCUT2D eigenvalue weighted by molar-refractivity contribution is 5.94. The van der Waals surface area contributed by atoms with E-state index in [2.05, 4.69) is 10.2 Å². The zero-order valence-electron chi connectivity index (χ0n) is 11.4. The van der Waals surface area contributed by atoms with Crippen LogP contribution < -0.4 is 0 Å². The molecule has 0 bridgehead atoms. The van der Waals surface area contributed by atoms with Crippen molar-refractivity contribution in [2.45, 2.75) is 6.92 Å². The highest BCUT2D eigenvalue weighted by atomic mass is 16.4. The maximum Gasteiger partial charge on any atom is 0.308 e. The molecule has 7 nitrogen and oxygen atoms in total. The number of hydrogen-bond acceptors (Lipinski definition) is 4. The summed E-state index contributed by atoms with van der Waals surface area (Å²) in [6.45, 7) is 2.49. The number of nitrogens with one attached hydrogen (secondary N) is 1. The van der Waals surface area contributed by atoms with E-state index in [4.69, 9.17) is 9.52 Å². The summed E-state index contributed by atoms with van der Waals surface area (Å²) in [5.41, 5.74) is 0.880. The number of nitrogens with zero attached hydrogens (tertiary/aromatic N) is 2. The summed E-state index contributed by atoms with van der Waals surface area (Å²) in [5.74, 6) is -1.11. The third-order valence-corrected chi connectivity index (χ3v) is 3.80. The van der Waals surface area contributed by atoms with Crippen molar-refractivity contribution in [3.63, 3.8) is 0 Å². The van der Waals surface area contributed by atoms with Gasteiger partial charge in [-0.25, -0.2) is 0 Å². The van der Waals surface area contributed by atoms with Gasteiger partial charge in [0.1, 0.15) is 5.69 Å². The molecule has 21 heavy (non-hydrogen) atoms. The van der Waals surface area contributed by atoms with Crippen molar-refractivity contribution in [2.24, 2.45) is 11.8 Å². The molecule has 7 heteroatoms. The van der Waals surface area contributed by atoms with Crippen LogP contribution in [0.25, 0.3) is 11.5 Å². The van der Waals surface area contributed by atoms with E-state index in [1.54, 1.807) is 18.2 Å². The van der Waals surface area contributed by atoms with E-state index in [1.165, 1.54) is 11.2 Å². The van der Waals surface area contributed by atoms with Crippen LogP contribution in [0.3, 0.4) is 0 Å². The van der Waals surface area contributed by atoms with Gasteiger partial charge < -0.3 is 14.4 Å². The van der Waals surface area contributed by atoms with Crippen molar-refractivity contribution < 1.29 is 19.1 Å². The first kappa shape index (κ1) is 13.4. The molecule has 0 saturated carbocycles. The Morgan fingerprint density at radius 1 is 1.48 bits per heavy atom. The van der Waals surface area contributed by atoms with Crippen molar-refractivity contribution in [1.82, 2.24) is 15.1 Å². The normalized spacial score (nSPS) is 21.7. The van der Waals surface area contributed by atoms with Gasteiger partial charge in [-0.15, -0.1) is 0 Å². The number of aromatic amines is 1. The molecule has 2 N–H and O–H groups in total. The van der Waals surface area contributed by atoms with Gasteiger partial charge in [0.2, 0.25) is 0 Å². The molecule has 0 aromatic carbocycles. The van der Waals surface area contributed by atoms with E-state index in [0.29, 0.717) is 18.0 Å². The van der Waals surface area contributed by atoms with Crippen LogP contribution in [0.5, 0.6) is 0 Å². The molecule has 2 aromatic rings. The summed E-state index contributed by atoms with van der Waals surface area (Å²) >= 11 is 0. The Hall–Kier alpha value is -2.57. The van der Waals surface area contributed by atoms with Crippen LogP contribution >= 0.6 is 0 Å². The van der Waals surface area contributed by atoms with Gasteiger partial charge in [-0.3, -0.25) is 14.7 Å². The zero-order valence-corrected chi connectivity index (χ0v) is 11.4. The van der Waals surface area contributed by atoms with E-state index < -0.39 is 11.9 Å². The minimum absolute atomic E-state index is 0.0602. The summed E-state index contributed by atoms with van der Waals surface area (Å²) in [6.07, 6.45) is 1.54. The quantitative estimate of drug-likeness (QED) is 0.891. The van der Waals surface area contributed by atoms with Crippen LogP contribution in [0.2, 0.25) is 0 Å². The number of amides is 1.